The third kappa shape index (κ3) is 5.75. The second-order valence-corrected chi connectivity index (χ2v) is 7.55. The maximum absolute atomic E-state index is 10.1. The van der Waals surface area contributed by atoms with Crippen LogP contribution in [0.4, 0.5) is 5.69 Å². The van der Waals surface area contributed by atoms with Gasteiger partial charge in [-0.05, 0) is 30.5 Å². The van der Waals surface area contributed by atoms with Gasteiger partial charge >= 0.3 is 0 Å². The number of aromatic hydroxyl groups is 1. The molecule has 1 aliphatic rings. The summed E-state index contributed by atoms with van der Waals surface area (Å²) in [7, 11) is 0. The van der Waals surface area contributed by atoms with E-state index in [-0.39, 0.29) is 24.0 Å². The average molecular weight is 500 g/mol. The molecule has 3 rings (SSSR count). The van der Waals surface area contributed by atoms with Crippen LogP contribution >= 0.6 is 35.3 Å². The molecule has 2 heterocycles. The number of rotatable bonds is 5. The minimum absolute atomic E-state index is 0. The molecule has 2 aromatic rings. The van der Waals surface area contributed by atoms with Gasteiger partial charge in [-0.3, -0.25) is 4.99 Å². The number of phenols is 1. The SMILES string of the molecule is CCNC(=NCC(C)c1cccs1)N1CCN(c2ccccc2O)CC1.I. The summed E-state index contributed by atoms with van der Waals surface area (Å²) in [4.78, 5) is 10.8. The molecule has 1 aromatic heterocycles. The summed E-state index contributed by atoms with van der Waals surface area (Å²) >= 11 is 1.80. The summed E-state index contributed by atoms with van der Waals surface area (Å²) in [6.07, 6.45) is 0. The first-order valence-corrected chi connectivity index (χ1v) is 10.2. The van der Waals surface area contributed by atoms with E-state index in [1.54, 1.807) is 17.4 Å². The smallest absolute Gasteiger partial charge is 0.194 e. The molecule has 0 radical (unpaired) electrons. The molecular weight excluding hydrogens is 471 g/mol. The van der Waals surface area contributed by atoms with Gasteiger partial charge in [-0.1, -0.05) is 25.1 Å². The Morgan fingerprint density at radius 2 is 1.93 bits per heavy atom. The second-order valence-electron chi connectivity index (χ2n) is 6.57. The van der Waals surface area contributed by atoms with E-state index in [0.717, 1.165) is 50.9 Å². The van der Waals surface area contributed by atoms with Crippen LogP contribution in [0.5, 0.6) is 5.75 Å². The Hall–Kier alpha value is -1.48. The predicted octanol–water partition coefficient (Wildman–Crippen LogP) is 3.96. The highest BCUT2D eigenvalue weighted by atomic mass is 127. The monoisotopic (exact) mass is 500 g/mol. The molecule has 1 saturated heterocycles. The average Bonchev–Trinajstić information content (AvgIpc) is 3.20. The lowest BCUT2D eigenvalue weighted by Crippen LogP contribution is -2.52. The molecule has 27 heavy (non-hydrogen) atoms. The maximum atomic E-state index is 10.1. The van der Waals surface area contributed by atoms with Crippen molar-refractivity contribution in [1.29, 1.82) is 0 Å². The molecule has 0 bridgehead atoms. The molecule has 0 aliphatic carbocycles. The Morgan fingerprint density at radius 3 is 2.56 bits per heavy atom. The zero-order valence-corrected chi connectivity index (χ0v) is 19.1. The third-order valence-corrected chi connectivity index (χ3v) is 5.78. The van der Waals surface area contributed by atoms with Gasteiger partial charge in [-0.2, -0.15) is 0 Å². The largest absolute Gasteiger partial charge is 0.506 e. The molecule has 0 spiro atoms. The molecule has 0 saturated carbocycles. The van der Waals surface area contributed by atoms with E-state index in [1.165, 1.54) is 4.88 Å². The minimum Gasteiger partial charge on any atom is -0.506 e. The van der Waals surface area contributed by atoms with Gasteiger partial charge in [0.25, 0.3) is 0 Å². The van der Waals surface area contributed by atoms with Crippen molar-refractivity contribution in [2.75, 3.05) is 44.2 Å². The second kappa shape index (κ2) is 10.8. The van der Waals surface area contributed by atoms with Gasteiger partial charge in [-0.25, -0.2) is 0 Å². The fraction of sp³-hybridized carbons (Fsp3) is 0.450. The number of piperazine rings is 1. The first-order chi connectivity index (χ1) is 12.7. The molecule has 1 unspecified atom stereocenters. The van der Waals surface area contributed by atoms with Crippen molar-refractivity contribution in [3.63, 3.8) is 0 Å². The van der Waals surface area contributed by atoms with Crippen LogP contribution < -0.4 is 10.2 Å². The van der Waals surface area contributed by atoms with Gasteiger partial charge in [0.15, 0.2) is 5.96 Å². The maximum Gasteiger partial charge on any atom is 0.194 e. The molecule has 1 aliphatic heterocycles. The van der Waals surface area contributed by atoms with E-state index >= 15 is 0 Å². The van der Waals surface area contributed by atoms with Gasteiger partial charge in [0.05, 0.1) is 12.2 Å². The van der Waals surface area contributed by atoms with Gasteiger partial charge in [-0.15, -0.1) is 35.3 Å². The van der Waals surface area contributed by atoms with Crippen LogP contribution in [0, 0.1) is 0 Å². The van der Waals surface area contributed by atoms with Crippen molar-refractivity contribution in [3.05, 3.63) is 46.7 Å². The van der Waals surface area contributed by atoms with Crippen LogP contribution in [0.15, 0.2) is 46.8 Å². The van der Waals surface area contributed by atoms with E-state index in [1.807, 2.05) is 18.2 Å². The summed E-state index contributed by atoms with van der Waals surface area (Å²) in [5.41, 5.74) is 0.917. The molecule has 7 heteroatoms. The Balaban J connectivity index is 0.00000261. The third-order valence-electron chi connectivity index (χ3n) is 4.68. The van der Waals surface area contributed by atoms with Crippen LogP contribution in [0.2, 0.25) is 0 Å². The van der Waals surface area contributed by atoms with Crippen molar-refractivity contribution in [3.8, 4) is 5.75 Å². The minimum atomic E-state index is 0. The number of para-hydroxylation sites is 2. The fourth-order valence-electron chi connectivity index (χ4n) is 3.20. The number of halogens is 1. The number of nitrogens with zero attached hydrogens (tertiary/aromatic N) is 3. The number of benzene rings is 1. The molecule has 1 fully saturated rings. The van der Waals surface area contributed by atoms with Gasteiger partial charge in [0, 0.05) is 43.5 Å². The zero-order valence-electron chi connectivity index (χ0n) is 16.0. The lowest BCUT2D eigenvalue weighted by Gasteiger charge is -2.38. The van der Waals surface area contributed by atoms with Crippen LogP contribution in [0.3, 0.4) is 0 Å². The molecule has 1 aromatic carbocycles. The van der Waals surface area contributed by atoms with Crippen molar-refractivity contribution in [2.45, 2.75) is 19.8 Å². The van der Waals surface area contributed by atoms with Crippen LogP contribution in [0.1, 0.15) is 24.6 Å². The number of anilines is 1. The van der Waals surface area contributed by atoms with E-state index in [2.05, 4.69) is 46.5 Å². The first-order valence-electron chi connectivity index (χ1n) is 9.28. The molecule has 0 amide bonds. The van der Waals surface area contributed by atoms with Crippen LogP contribution in [0.25, 0.3) is 0 Å². The molecule has 1 atom stereocenters. The predicted molar refractivity (Wildman–Crippen MR) is 126 cm³/mol. The van der Waals surface area contributed by atoms with Crippen molar-refractivity contribution >= 4 is 47.0 Å². The number of hydrogen-bond donors (Lipinski definition) is 2. The summed E-state index contributed by atoms with van der Waals surface area (Å²) in [5, 5.41) is 15.6. The number of guanidine groups is 1. The Bertz CT molecular complexity index is 715. The molecule has 2 N–H and O–H groups in total. The van der Waals surface area contributed by atoms with Crippen LogP contribution in [-0.2, 0) is 0 Å². The highest BCUT2D eigenvalue weighted by Crippen LogP contribution is 2.27. The van der Waals surface area contributed by atoms with Crippen molar-refractivity contribution < 1.29 is 5.11 Å². The summed E-state index contributed by atoms with van der Waals surface area (Å²) in [6, 6.07) is 11.8. The lowest BCUT2D eigenvalue weighted by atomic mass is 10.1. The number of hydrogen-bond acceptors (Lipinski definition) is 4. The van der Waals surface area contributed by atoms with Gasteiger partial charge < -0.3 is 20.2 Å². The standard InChI is InChI=1S/C20H28N4OS.HI/c1-3-21-20(22-15-16(2)19-9-6-14-26-19)24-12-10-23(11-13-24)17-7-4-5-8-18(17)25;/h4-9,14,16,25H,3,10-13,15H2,1-2H3,(H,21,22);1H. The topological polar surface area (TPSA) is 51.1 Å². The van der Waals surface area contributed by atoms with E-state index in [4.69, 9.17) is 4.99 Å². The van der Waals surface area contributed by atoms with Crippen LogP contribution in [-0.4, -0.2) is 55.2 Å². The van der Waals surface area contributed by atoms with Gasteiger partial charge in [0.1, 0.15) is 5.75 Å². The van der Waals surface area contributed by atoms with E-state index < -0.39 is 0 Å². The molecule has 148 valence electrons. The van der Waals surface area contributed by atoms with Gasteiger partial charge in [0.2, 0.25) is 0 Å². The Morgan fingerprint density at radius 1 is 1.19 bits per heavy atom. The normalized spacial score (nSPS) is 16.0. The van der Waals surface area contributed by atoms with Crippen molar-refractivity contribution in [2.24, 2.45) is 4.99 Å². The zero-order chi connectivity index (χ0) is 18.4. The number of phenolic OH excluding ortho intramolecular Hbond substituents is 1. The Labute approximate surface area is 183 Å². The van der Waals surface area contributed by atoms with E-state index in [0.29, 0.717) is 11.7 Å². The first kappa shape index (κ1) is 21.8. The lowest BCUT2D eigenvalue weighted by molar-refractivity contribution is 0.369. The summed E-state index contributed by atoms with van der Waals surface area (Å²) < 4.78 is 0. The molecular formula is C20H29IN4OS. The summed E-state index contributed by atoms with van der Waals surface area (Å²) in [5.74, 6) is 1.78. The number of nitrogens with one attached hydrogen (secondary N) is 1. The summed E-state index contributed by atoms with van der Waals surface area (Å²) in [6.45, 7) is 9.55. The number of aliphatic imine (C=N–C) groups is 1. The quantitative estimate of drug-likeness (QED) is 0.371. The van der Waals surface area contributed by atoms with E-state index in [9.17, 15) is 5.11 Å². The molecule has 5 nitrogen and oxygen atoms in total. The highest BCUT2D eigenvalue weighted by molar-refractivity contribution is 14.0. The van der Waals surface area contributed by atoms with Crippen molar-refractivity contribution in [1.82, 2.24) is 10.2 Å². The highest BCUT2D eigenvalue weighted by Gasteiger charge is 2.21. The Kier molecular flexibility index (Phi) is 8.69. The number of thiophene rings is 1. The fourth-order valence-corrected chi connectivity index (χ4v) is 3.98.